The van der Waals surface area contributed by atoms with Gasteiger partial charge in [-0.1, -0.05) is 29.8 Å². The van der Waals surface area contributed by atoms with E-state index in [0.29, 0.717) is 10.7 Å². The topological polar surface area (TPSA) is 78.4 Å². The van der Waals surface area contributed by atoms with Gasteiger partial charge in [0.15, 0.2) is 0 Å². The number of aromatic carboxylic acids is 1. The Balaban J connectivity index is 1.95. The lowest BCUT2D eigenvalue weighted by atomic mass is 10.1. The van der Waals surface area contributed by atoms with E-state index >= 15 is 0 Å². The third-order valence-corrected chi connectivity index (χ3v) is 3.37. The average molecular weight is 319 g/mol. The van der Waals surface area contributed by atoms with Crippen LogP contribution in [0.1, 0.15) is 21.5 Å². The number of carboxylic acid groups (broad SMARTS) is 1. The Hall–Kier alpha value is -2.53. The summed E-state index contributed by atoms with van der Waals surface area (Å²) in [6, 6.07) is 11.2. The molecule has 114 valence electrons. The number of rotatable bonds is 4. The zero-order valence-electron chi connectivity index (χ0n) is 11.9. The number of carboxylic acids is 1. The van der Waals surface area contributed by atoms with Crippen LogP contribution in [0.4, 0.5) is 10.5 Å². The normalized spacial score (nSPS) is 10.1. The van der Waals surface area contributed by atoms with E-state index in [0.717, 1.165) is 11.1 Å². The number of carbonyl (C=O) groups excluding carboxylic acids is 1. The molecule has 0 aromatic heterocycles. The minimum atomic E-state index is -1.05. The van der Waals surface area contributed by atoms with E-state index in [1.54, 1.807) is 12.1 Å². The number of nitrogens with one attached hydrogen (secondary N) is 2. The van der Waals surface area contributed by atoms with E-state index < -0.39 is 12.0 Å². The molecule has 22 heavy (non-hydrogen) atoms. The van der Waals surface area contributed by atoms with Gasteiger partial charge >= 0.3 is 12.0 Å². The van der Waals surface area contributed by atoms with Crippen LogP contribution in [0, 0.1) is 6.92 Å². The van der Waals surface area contributed by atoms with Crippen molar-refractivity contribution in [1.82, 2.24) is 5.32 Å². The highest BCUT2D eigenvalue weighted by atomic mass is 35.5. The molecule has 0 saturated heterocycles. The molecule has 3 N–H and O–H groups in total. The third kappa shape index (κ3) is 4.23. The number of benzene rings is 2. The molecule has 2 rings (SSSR count). The van der Waals surface area contributed by atoms with Gasteiger partial charge in [0.25, 0.3) is 0 Å². The smallest absolute Gasteiger partial charge is 0.335 e. The monoisotopic (exact) mass is 318 g/mol. The molecule has 6 heteroatoms. The van der Waals surface area contributed by atoms with Crippen LogP contribution in [0.3, 0.4) is 0 Å². The second kappa shape index (κ2) is 6.95. The second-order valence-corrected chi connectivity index (χ2v) is 5.20. The molecular formula is C16H15ClN2O3. The van der Waals surface area contributed by atoms with Crippen molar-refractivity contribution in [3.8, 4) is 0 Å². The Morgan fingerprint density at radius 1 is 1.18 bits per heavy atom. The maximum Gasteiger partial charge on any atom is 0.335 e. The molecule has 0 saturated carbocycles. The number of hydrogen-bond acceptors (Lipinski definition) is 2. The van der Waals surface area contributed by atoms with Gasteiger partial charge in [-0.15, -0.1) is 0 Å². The summed E-state index contributed by atoms with van der Waals surface area (Å²) in [6.07, 6.45) is 0. The summed E-state index contributed by atoms with van der Waals surface area (Å²) in [6.45, 7) is 2.22. The summed E-state index contributed by atoms with van der Waals surface area (Å²) in [4.78, 5) is 22.7. The van der Waals surface area contributed by atoms with Crippen molar-refractivity contribution in [2.45, 2.75) is 13.5 Å². The lowest BCUT2D eigenvalue weighted by Crippen LogP contribution is -2.28. The van der Waals surface area contributed by atoms with Crippen molar-refractivity contribution in [1.29, 1.82) is 0 Å². The minimum Gasteiger partial charge on any atom is -0.478 e. The van der Waals surface area contributed by atoms with E-state index in [1.165, 1.54) is 12.1 Å². The largest absolute Gasteiger partial charge is 0.478 e. The molecule has 0 unspecified atom stereocenters. The molecule has 0 fully saturated rings. The van der Waals surface area contributed by atoms with E-state index in [2.05, 4.69) is 10.6 Å². The maximum absolute atomic E-state index is 11.8. The van der Waals surface area contributed by atoms with E-state index in [-0.39, 0.29) is 12.1 Å². The Morgan fingerprint density at radius 2 is 1.95 bits per heavy atom. The fourth-order valence-electron chi connectivity index (χ4n) is 1.88. The summed E-state index contributed by atoms with van der Waals surface area (Å²) in [7, 11) is 0. The van der Waals surface area contributed by atoms with Crippen molar-refractivity contribution in [3.05, 3.63) is 64.2 Å². The van der Waals surface area contributed by atoms with E-state index in [1.807, 2.05) is 25.1 Å². The summed E-state index contributed by atoms with van der Waals surface area (Å²) in [5.74, 6) is -1.05. The fourth-order valence-corrected chi connectivity index (χ4v) is 2.18. The SMILES string of the molecule is Cc1ccc(CNC(=O)Nc2cccc(C(=O)O)c2)c(Cl)c1. The Morgan fingerprint density at radius 3 is 2.64 bits per heavy atom. The zero-order chi connectivity index (χ0) is 16.1. The van der Waals surface area contributed by atoms with Gasteiger partial charge in [0.2, 0.25) is 0 Å². The molecule has 5 nitrogen and oxygen atoms in total. The number of amides is 2. The molecule has 0 atom stereocenters. The summed E-state index contributed by atoms with van der Waals surface area (Å²) >= 11 is 6.09. The van der Waals surface area contributed by atoms with Crippen LogP contribution in [0.15, 0.2) is 42.5 Å². The van der Waals surface area contributed by atoms with Gasteiger partial charge in [-0.25, -0.2) is 9.59 Å². The van der Waals surface area contributed by atoms with Crippen molar-refractivity contribution in [3.63, 3.8) is 0 Å². The highest BCUT2D eigenvalue weighted by Gasteiger charge is 2.07. The summed E-state index contributed by atoms with van der Waals surface area (Å²) in [5, 5.41) is 14.8. The van der Waals surface area contributed by atoms with Crippen LogP contribution in [0.2, 0.25) is 5.02 Å². The lowest BCUT2D eigenvalue weighted by molar-refractivity contribution is 0.0697. The highest BCUT2D eigenvalue weighted by Crippen LogP contribution is 2.17. The van der Waals surface area contributed by atoms with Gasteiger partial charge in [-0.05, 0) is 42.3 Å². The van der Waals surface area contributed by atoms with Crippen molar-refractivity contribution in [2.24, 2.45) is 0 Å². The average Bonchev–Trinajstić information content (AvgIpc) is 2.46. The van der Waals surface area contributed by atoms with Gasteiger partial charge in [0.05, 0.1) is 5.56 Å². The van der Waals surface area contributed by atoms with Gasteiger partial charge in [0, 0.05) is 17.3 Å². The number of halogens is 1. The van der Waals surface area contributed by atoms with Crippen LogP contribution < -0.4 is 10.6 Å². The zero-order valence-corrected chi connectivity index (χ0v) is 12.6. The molecule has 0 spiro atoms. The molecule has 0 radical (unpaired) electrons. The van der Waals surface area contributed by atoms with Crippen LogP contribution in [0.25, 0.3) is 0 Å². The number of urea groups is 1. The maximum atomic E-state index is 11.8. The quantitative estimate of drug-likeness (QED) is 0.804. The van der Waals surface area contributed by atoms with Crippen LogP contribution in [-0.2, 0) is 6.54 Å². The first-order valence-corrected chi connectivity index (χ1v) is 6.97. The lowest BCUT2D eigenvalue weighted by Gasteiger charge is -2.09. The Labute approximate surface area is 132 Å². The first-order chi connectivity index (χ1) is 10.5. The van der Waals surface area contributed by atoms with Gasteiger partial charge < -0.3 is 15.7 Å². The highest BCUT2D eigenvalue weighted by molar-refractivity contribution is 6.31. The molecular weight excluding hydrogens is 304 g/mol. The molecule has 0 heterocycles. The van der Waals surface area contributed by atoms with E-state index in [9.17, 15) is 9.59 Å². The predicted molar refractivity (Wildman–Crippen MR) is 85.4 cm³/mol. The number of carbonyl (C=O) groups is 2. The standard InChI is InChI=1S/C16H15ClN2O3/c1-10-5-6-12(14(17)7-10)9-18-16(22)19-13-4-2-3-11(8-13)15(20)21/h2-8H,9H2,1H3,(H,20,21)(H2,18,19,22). The van der Waals surface area contributed by atoms with Gasteiger partial charge in [-0.2, -0.15) is 0 Å². The number of anilines is 1. The number of hydrogen-bond donors (Lipinski definition) is 3. The molecule has 2 aromatic carbocycles. The molecule has 0 aliphatic rings. The van der Waals surface area contributed by atoms with Crippen molar-refractivity contribution >= 4 is 29.3 Å². The third-order valence-electron chi connectivity index (χ3n) is 3.02. The minimum absolute atomic E-state index is 0.111. The van der Waals surface area contributed by atoms with E-state index in [4.69, 9.17) is 16.7 Å². The number of aryl methyl sites for hydroxylation is 1. The summed E-state index contributed by atoms with van der Waals surface area (Å²) in [5.41, 5.74) is 2.37. The Bertz CT molecular complexity index is 716. The molecule has 2 aromatic rings. The Kier molecular flexibility index (Phi) is 5.01. The van der Waals surface area contributed by atoms with Crippen LogP contribution in [0.5, 0.6) is 0 Å². The summed E-state index contributed by atoms with van der Waals surface area (Å²) < 4.78 is 0. The first kappa shape index (κ1) is 15.9. The van der Waals surface area contributed by atoms with Crippen LogP contribution >= 0.6 is 11.6 Å². The molecule has 2 amide bonds. The predicted octanol–water partition coefficient (Wildman–Crippen LogP) is 3.67. The van der Waals surface area contributed by atoms with Gasteiger partial charge in [0.1, 0.15) is 0 Å². The molecule has 0 aliphatic carbocycles. The molecule has 0 aliphatic heterocycles. The van der Waals surface area contributed by atoms with Crippen molar-refractivity contribution in [2.75, 3.05) is 5.32 Å². The van der Waals surface area contributed by atoms with Gasteiger partial charge in [-0.3, -0.25) is 0 Å². The molecule has 0 bridgehead atoms. The first-order valence-electron chi connectivity index (χ1n) is 6.59. The fraction of sp³-hybridized carbons (Fsp3) is 0.125. The second-order valence-electron chi connectivity index (χ2n) is 4.79. The van der Waals surface area contributed by atoms with Crippen LogP contribution in [-0.4, -0.2) is 17.1 Å². The van der Waals surface area contributed by atoms with Crippen molar-refractivity contribution < 1.29 is 14.7 Å².